The van der Waals surface area contributed by atoms with Crippen LogP contribution in [-0.2, 0) is 0 Å². The van der Waals surface area contributed by atoms with Crippen molar-refractivity contribution in [2.45, 2.75) is 13.8 Å². The molecule has 3 rings (SSSR count). The van der Waals surface area contributed by atoms with Crippen LogP contribution in [0.4, 0.5) is 0 Å². The van der Waals surface area contributed by atoms with Gasteiger partial charge in [-0.25, -0.2) is 0 Å². The van der Waals surface area contributed by atoms with Crippen molar-refractivity contribution in [1.29, 1.82) is 0 Å². The van der Waals surface area contributed by atoms with Gasteiger partial charge in [0.15, 0.2) is 0 Å². The predicted molar refractivity (Wildman–Crippen MR) is 84.6 cm³/mol. The number of aromatic nitrogens is 1. The van der Waals surface area contributed by atoms with E-state index in [1.54, 1.807) is 0 Å². The molecule has 0 unspecified atom stereocenters. The number of nitrogens with zero attached hydrogens (tertiary/aromatic N) is 1. The van der Waals surface area contributed by atoms with Crippen LogP contribution in [0.5, 0.6) is 0 Å². The molecule has 0 saturated heterocycles. The maximum Gasteiger partial charge on any atom is 0.0704 e. The second-order valence-electron chi connectivity index (χ2n) is 5.11. The van der Waals surface area contributed by atoms with Gasteiger partial charge in [0.1, 0.15) is 0 Å². The lowest BCUT2D eigenvalue weighted by atomic mass is 9.97. The molecule has 0 atom stereocenters. The molecular weight excluding hydrogens is 242 g/mol. The first-order valence-corrected chi connectivity index (χ1v) is 6.83. The highest BCUT2D eigenvalue weighted by molar-refractivity contribution is 5.73. The number of hydrogen-bond donors (Lipinski definition) is 0. The quantitative estimate of drug-likeness (QED) is 0.628. The molecule has 2 aromatic carbocycles. The Bertz CT molecular complexity index is 713. The lowest BCUT2D eigenvalue weighted by Gasteiger charge is -2.09. The van der Waals surface area contributed by atoms with Gasteiger partial charge in [0.2, 0.25) is 0 Å². The Morgan fingerprint density at radius 2 is 1.50 bits per heavy atom. The second kappa shape index (κ2) is 5.30. The van der Waals surface area contributed by atoms with Gasteiger partial charge in [0.25, 0.3) is 0 Å². The minimum Gasteiger partial charge on any atom is -0.256 e. The highest BCUT2D eigenvalue weighted by Gasteiger charge is 2.05. The highest BCUT2D eigenvalue weighted by Crippen LogP contribution is 2.28. The summed E-state index contributed by atoms with van der Waals surface area (Å²) in [4.78, 5) is 4.46. The smallest absolute Gasteiger partial charge is 0.0704 e. The molecular formula is C19H17N. The molecule has 0 spiro atoms. The number of pyridine rings is 1. The summed E-state index contributed by atoms with van der Waals surface area (Å²) in [5.41, 5.74) is 7.23. The van der Waals surface area contributed by atoms with Crippen molar-refractivity contribution >= 4 is 0 Å². The van der Waals surface area contributed by atoms with Crippen molar-refractivity contribution in [2.75, 3.05) is 0 Å². The molecule has 0 bridgehead atoms. The fourth-order valence-corrected chi connectivity index (χ4v) is 2.35. The predicted octanol–water partition coefficient (Wildman–Crippen LogP) is 5.03. The van der Waals surface area contributed by atoms with E-state index in [9.17, 15) is 0 Å². The van der Waals surface area contributed by atoms with Crippen molar-refractivity contribution in [1.82, 2.24) is 4.98 Å². The van der Waals surface area contributed by atoms with E-state index >= 15 is 0 Å². The van der Waals surface area contributed by atoms with Gasteiger partial charge < -0.3 is 0 Å². The van der Waals surface area contributed by atoms with Crippen LogP contribution in [0.25, 0.3) is 22.4 Å². The highest BCUT2D eigenvalue weighted by atomic mass is 14.7. The summed E-state index contributed by atoms with van der Waals surface area (Å²) in [5, 5.41) is 0. The standard InChI is InChI=1S/C19H17N/c1-14-6-9-16(10-7-14)17-11-8-15(2)18(13-17)19-5-3-4-12-20-19/h3-13H,1-2H3. The van der Waals surface area contributed by atoms with Crippen molar-refractivity contribution in [3.8, 4) is 22.4 Å². The zero-order chi connectivity index (χ0) is 13.9. The monoisotopic (exact) mass is 259 g/mol. The lowest BCUT2D eigenvalue weighted by Crippen LogP contribution is -1.88. The van der Waals surface area contributed by atoms with E-state index in [2.05, 4.69) is 67.4 Å². The van der Waals surface area contributed by atoms with Crippen LogP contribution in [0.15, 0.2) is 66.9 Å². The lowest BCUT2D eigenvalue weighted by molar-refractivity contribution is 1.31. The van der Waals surface area contributed by atoms with Crippen LogP contribution >= 0.6 is 0 Å². The molecule has 0 aliphatic rings. The molecule has 0 fully saturated rings. The molecule has 1 nitrogen and oxygen atoms in total. The summed E-state index contributed by atoms with van der Waals surface area (Å²) < 4.78 is 0. The Morgan fingerprint density at radius 1 is 0.750 bits per heavy atom. The Hall–Kier alpha value is -2.41. The molecule has 1 heterocycles. The van der Waals surface area contributed by atoms with Crippen molar-refractivity contribution in [2.24, 2.45) is 0 Å². The van der Waals surface area contributed by atoms with E-state index in [0.29, 0.717) is 0 Å². The average molecular weight is 259 g/mol. The van der Waals surface area contributed by atoms with Crippen LogP contribution in [0, 0.1) is 13.8 Å². The van der Waals surface area contributed by atoms with Crippen LogP contribution in [-0.4, -0.2) is 4.98 Å². The van der Waals surface area contributed by atoms with Crippen LogP contribution in [0.1, 0.15) is 11.1 Å². The summed E-state index contributed by atoms with van der Waals surface area (Å²) in [6.07, 6.45) is 1.84. The zero-order valence-electron chi connectivity index (χ0n) is 11.8. The minimum absolute atomic E-state index is 1.03. The Balaban J connectivity index is 2.09. The molecule has 1 heteroatoms. The molecule has 0 aliphatic carbocycles. The van der Waals surface area contributed by atoms with E-state index < -0.39 is 0 Å². The number of benzene rings is 2. The van der Waals surface area contributed by atoms with Gasteiger partial charge in [-0.2, -0.15) is 0 Å². The molecule has 0 radical (unpaired) electrons. The summed E-state index contributed by atoms with van der Waals surface area (Å²) in [5.74, 6) is 0. The molecule has 3 aromatic rings. The van der Waals surface area contributed by atoms with Gasteiger partial charge in [0, 0.05) is 11.8 Å². The number of hydrogen-bond acceptors (Lipinski definition) is 1. The van der Waals surface area contributed by atoms with Crippen molar-refractivity contribution in [3.05, 3.63) is 78.0 Å². The summed E-state index contributed by atoms with van der Waals surface area (Å²) >= 11 is 0. The molecule has 98 valence electrons. The van der Waals surface area contributed by atoms with Crippen LogP contribution in [0.2, 0.25) is 0 Å². The zero-order valence-corrected chi connectivity index (χ0v) is 11.8. The first-order chi connectivity index (χ1) is 9.74. The van der Waals surface area contributed by atoms with Gasteiger partial charge in [-0.1, -0.05) is 48.0 Å². The molecule has 0 amide bonds. The molecule has 0 N–H and O–H groups in total. The summed E-state index contributed by atoms with van der Waals surface area (Å²) in [7, 11) is 0. The maximum absolute atomic E-state index is 4.46. The number of aryl methyl sites for hydroxylation is 2. The van der Waals surface area contributed by atoms with Crippen LogP contribution in [0.3, 0.4) is 0 Å². The van der Waals surface area contributed by atoms with E-state index in [1.165, 1.54) is 27.8 Å². The van der Waals surface area contributed by atoms with E-state index in [4.69, 9.17) is 0 Å². The Labute approximate surface area is 119 Å². The second-order valence-corrected chi connectivity index (χ2v) is 5.11. The third-order valence-corrected chi connectivity index (χ3v) is 3.56. The molecule has 0 saturated carbocycles. The van der Waals surface area contributed by atoms with Gasteiger partial charge in [0.05, 0.1) is 5.69 Å². The van der Waals surface area contributed by atoms with Crippen molar-refractivity contribution in [3.63, 3.8) is 0 Å². The third kappa shape index (κ3) is 2.48. The molecule has 20 heavy (non-hydrogen) atoms. The van der Waals surface area contributed by atoms with Gasteiger partial charge in [-0.05, 0) is 48.7 Å². The first-order valence-electron chi connectivity index (χ1n) is 6.83. The number of rotatable bonds is 2. The van der Waals surface area contributed by atoms with E-state index in [1.807, 2.05) is 18.3 Å². The van der Waals surface area contributed by atoms with Crippen molar-refractivity contribution < 1.29 is 0 Å². The van der Waals surface area contributed by atoms with Gasteiger partial charge in [-0.3, -0.25) is 4.98 Å². The third-order valence-electron chi connectivity index (χ3n) is 3.56. The first kappa shape index (κ1) is 12.6. The normalized spacial score (nSPS) is 10.5. The SMILES string of the molecule is Cc1ccc(-c2ccc(C)c(-c3ccccn3)c2)cc1. The summed E-state index contributed by atoms with van der Waals surface area (Å²) in [6, 6.07) is 21.2. The topological polar surface area (TPSA) is 12.9 Å². The Kier molecular flexibility index (Phi) is 3.34. The van der Waals surface area contributed by atoms with E-state index in [0.717, 1.165) is 5.69 Å². The van der Waals surface area contributed by atoms with Gasteiger partial charge >= 0.3 is 0 Å². The minimum atomic E-state index is 1.03. The maximum atomic E-state index is 4.46. The molecule has 0 aliphatic heterocycles. The fourth-order valence-electron chi connectivity index (χ4n) is 2.35. The van der Waals surface area contributed by atoms with Crippen LogP contribution < -0.4 is 0 Å². The Morgan fingerprint density at radius 3 is 2.20 bits per heavy atom. The van der Waals surface area contributed by atoms with Gasteiger partial charge in [-0.15, -0.1) is 0 Å². The fraction of sp³-hybridized carbons (Fsp3) is 0.105. The summed E-state index contributed by atoms with van der Waals surface area (Å²) in [6.45, 7) is 4.24. The average Bonchev–Trinajstić information content (AvgIpc) is 2.50. The largest absolute Gasteiger partial charge is 0.256 e. The van der Waals surface area contributed by atoms with E-state index in [-0.39, 0.29) is 0 Å². The molecule has 1 aromatic heterocycles.